The van der Waals surface area contributed by atoms with Gasteiger partial charge in [-0.25, -0.2) is 14.6 Å². The topological polar surface area (TPSA) is 140 Å². The van der Waals surface area contributed by atoms with Crippen LogP contribution in [0.3, 0.4) is 0 Å². The molecule has 2 atom stereocenters. The van der Waals surface area contributed by atoms with E-state index in [4.69, 9.17) is 52.7 Å². The fourth-order valence-electron chi connectivity index (χ4n) is 4.39. The molecule has 4 aromatic rings. The molecule has 3 heterocycles. The van der Waals surface area contributed by atoms with Gasteiger partial charge in [0.15, 0.2) is 5.16 Å². The molecule has 0 amide bonds. The number of aromatic nitrogens is 5. The molecule has 0 bridgehead atoms. The Bertz CT molecular complexity index is 1440. The van der Waals surface area contributed by atoms with Gasteiger partial charge in [0.05, 0.1) is 23.5 Å². The van der Waals surface area contributed by atoms with Crippen molar-refractivity contribution in [1.29, 1.82) is 0 Å². The summed E-state index contributed by atoms with van der Waals surface area (Å²) in [6, 6.07) is 13.3. The predicted molar refractivity (Wildman–Crippen MR) is 153 cm³/mol. The molecule has 2 aromatic heterocycles. The van der Waals surface area contributed by atoms with Gasteiger partial charge in [-0.3, -0.25) is 0 Å². The van der Waals surface area contributed by atoms with Crippen LogP contribution in [-0.4, -0.2) is 60.2 Å². The summed E-state index contributed by atoms with van der Waals surface area (Å²) in [5.41, 5.74) is 2.87. The van der Waals surface area contributed by atoms with Crippen LogP contribution in [0.5, 0.6) is 5.75 Å². The van der Waals surface area contributed by atoms with Crippen molar-refractivity contribution >= 4 is 35.0 Å². The van der Waals surface area contributed by atoms with Gasteiger partial charge in [-0.05, 0) is 49.1 Å². The van der Waals surface area contributed by atoms with Gasteiger partial charge in [-0.1, -0.05) is 48.0 Å². The maximum absolute atomic E-state index is 8.36. The SMILES string of the molecule is CCCn1c(-c2ccc(OC[C@@H]3CO[C@@](Cn4cncn4)(c4ccc(Cl)cc4Cl)O3)cc2)cnc1SC.O=[N+]([O-])O. The first-order valence-corrected chi connectivity index (χ1v) is 14.5. The standard InChI is InChI=1S/C26H27Cl2N5O3S.HNO3/c1-3-10-33-24(12-30-25(33)37-2)18-4-7-20(8-5-18)34-13-21-14-35-26(36-21,15-32-17-29-16-31-32)22-9-6-19(27)11-23(22)28;2-1(3)4/h4-9,11-12,16-17,21H,3,10,13-15H2,1-2H3;(H,2,3,4)/t21-,26-;/m1./s1. The minimum Gasteiger partial charge on any atom is -0.491 e. The lowest BCUT2D eigenvalue weighted by Crippen LogP contribution is -2.35. The highest BCUT2D eigenvalue weighted by atomic mass is 35.5. The Morgan fingerprint density at radius 1 is 1.27 bits per heavy atom. The number of halogens is 2. The molecule has 1 aliphatic heterocycles. The molecular weight excluding hydrogens is 595 g/mol. The van der Waals surface area contributed by atoms with Gasteiger partial charge >= 0.3 is 0 Å². The number of nitrogens with zero attached hydrogens (tertiary/aromatic N) is 6. The van der Waals surface area contributed by atoms with Gasteiger partial charge in [-0.15, -0.1) is 10.1 Å². The van der Waals surface area contributed by atoms with Gasteiger partial charge in [0.1, 0.15) is 37.7 Å². The Kier molecular flexibility index (Phi) is 10.5. The second-order valence-electron chi connectivity index (χ2n) is 8.88. The first-order valence-electron chi connectivity index (χ1n) is 12.5. The fourth-order valence-corrected chi connectivity index (χ4v) is 5.51. The number of hydrogen-bond acceptors (Lipinski definition) is 9. The summed E-state index contributed by atoms with van der Waals surface area (Å²) in [6.07, 6.45) is 7.78. The highest BCUT2D eigenvalue weighted by Gasteiger charge is 2.45. The first kappa shape index (κ1) is 30.6. The van der Waals surface area contributed by atoms with E-state index < -0.39 is 10.9 Å². The summed E-state index contributed by atoms with van der Waals surface area (Å²) in [6.45, 7) is 4.02. The van der Waals surface area contributed by atoms with Crippen molar-refractivity contribution in [2.45, 2.75) is 43.5 Å². The lowest BCUT2D eigenvalue weighted by molar-refractivity contribution is -0.742. The Labute approximate surface area is 250 Å². The molecule has 1 N–H and O–H groups in total. The van der Waals surface area contributed by atoms with Gasteiger partial charge in [0.25, 0.3) is 5.09 Å². The predicted octanol–water partition coefficient (Wildman–Crippen LogP) is 5.58. The lowest BCUT2D eigenvalue weighted by atomic mass is 10.1. The summed E-state index contributed by atoms with van der Waals surface area (Å²) in [7, 11) is 0. The summed E-state index contributed by atoms with van der Waals surface area (Å²) in [5.74, 6) is -0.391. The average Bonchev–Trinajstić information content (AvgIpc) is 3.69. The Balaban J connectivity index is 0.000000909. The van der Waals surface area contributed by atoms with Crippen LogP contribution in [0.25, 0.3) is 11.3 Å². The Hall–Kier alpha value is -3.36. The van der Waals surface area contributed by atoms with Crippen molar-refractivity contribution in [3.8, 4) is 17.0 Å². The second kappa shape index (κ2) is 14.0. The largest absolute Gasteiger partial charge is 0.491 e. The van der Waals surface area contributed by atoms with E-state index in [2.05, 4.69) is 38.7 Å². The molecule has 0 saturated carbocycles. The maximum atomic E-state index is 8.36. The molecule has 0 spiro atoms. The molecule has 1 aliphatic rings. The smallest absolute Gasteiger partial charge is 0.291 e. The first-order chi connectivity index (χ1) is 19.7. The molecule has 0 unspecified atom stereocenters. The highest BCUT2D eigenvalue weighted by molar-refractivity contribution is 7.98. The molecule has 5 rings (SSSR count). The van der Waals surface area contributed by atoms with E-state index in [9.17, 15) is 0 Å². The zero-order valence-electron chi connectivity index (χ0n) is 22.2. The second-order valence-corrected chi connectivity index (χ2v) is 10.5. The van der Waals surface area contributed by atoms with Crippen molar-refractivity contribution in [2.75, 3.05) is 19.5 Å². The van der Waals surface area contributed by atoms with Crippen LogP contribution in [0.15, 0.2) is 66.5 Å². The number of benzene rings is 2. The van der Waals surface area contributed by atoms with Crippen LogP contribution >= 0.6 is 35.0 Å². The summed E-state index contributed by atoms with van der Waals surface area (Å²) in [4.78, 5) is 16.9. The number of rotatable bonds is 10. The normalized spacial score (nSPS) is 18.1. The highest BCUT2D eigenvalue weighted by Crippen LogP contribution is 2.40. The lowest BCUT2D eigenvalue weighted by Gasteiger charge is -2.29. The van der Waals surface area contributed by atoms with Crippen molar-refractivity contribution < 1.29 is 24.5 Å². The van der Waals surface area contributed by atoms with Crippen LogP contribution in [0.4, 0.5) is 0 Å². The molecule has 0 radical (unpaired) electrons. The third-order valence-corrected chi connectivity index (χ3v) is 7.31. The van der Waals surface area contributed by atoms with E-state index >= 15 is 0 Å². The zero-order valence-corrected chi connectivity index (χ0v) is 24.6. The summed E-state index contributed by atoms with van der Waals surface area (Å²) >= 11 is 14.3. The number of thioether (sulfide) groups is 1. The minimum atomic E-state index is -1.50. The monoisotopic (exact) mass is 622 g/mol. The maximum Gasteiger partial charge on any atom is 0.291 e. The Morgan fingerprint density at radius 3 is 2.66 bits per heavy atom. The Morgan fingerprint density at radius 2 is 2.02 bits per heavy atom. The molecule has 2 aromatic carbocycles. The number of imidazole rings is 1. The van der Waals surface area contributed by atoms with Crippen LogP contribution in [-0.2, 0) is 28.4 Å². The molecule has 218 valence electrons. The van der Waals surface area contributed by atoms with E-state index in [0.717, 1.165) is 35.1 Å². The average molecular weight is 624 g/mol. The van der Waals surface area contributed by atoms with Crippen LogP contribution < -0.4 is 4.74 Å². The fraction of sp³-hybridized carbons (Fsp3) is 0.346. The van der Waals surface area contributed by atoms with Crippen molar-refractivity contribution in [2.24, 2.45) is 0 Å². The van der Waals surface area contributed by atoms with E-state index in [1.165, 1.54) is 6.33 Å². The van der Waals surface area contributed by atoms with Crippen LogP contribution in [0, 0.1) is 10.1 Å². The van der Waals surface area contributed by atoms with Crippen molar-refractivity contribution in [3.05, 3.63) is 87.0 Å². The van der Waals surface area contributed by atoms with E-state index in [0.29, 0.717) is 28.8 Å². The van der Waals surface area contributed by atoms with Gasteiger partial charge in [0, 0.05) is 22.7 Å². The number of hydrogen-bond donors (Lipinski definition) is 1. The molecule has 12 nitrogen and oxygen atoms in total. The van der Waals surface area contributed by atoms with E-state index in [1.807, 2.05) is 30.7 Å². The summed E-state index contributed by atoms with van der Waals surface area (Å²) in [5, 5.41) is 19.9. The van der Waals surface area contributed by atoms with Crippen molar-refractivity contribution in [1.82, 2.24) is 24.3 Å². The summed E-state index contributed by atoms with van der Waals surface area (Å²) < 4.78 is 22.6. The number of ether oxygens (including phenoxy) is 3. The van der Waals surface area contributed by atoms with Crippen LogP contribution in [0.1, 0.15) is 18.9 Å². The van der Waals surface area contributed by atoms with Crippen LogP contribution in [0.2, 0.25) is 10.0 Å². The molecule has 1 saturated heterocycles. The quantitative estimate of drug-likeness (QED) is 0.135. The van der Waals surface area contributed by atoms with Gasteiger partial charge in [-0.2, -0.15) is 5.10 Å². The molecule has 41 heavy (non-hydrogen) atoms. The van der Waals surface area contributed by atoms with Gasteiger partial charge < -0.3 is 24.0 Å². The third kappa shape index (κ3) is 7.68. The molecule has 15 heteroatoms. The van der Waals surface area contributed by atoms with Gasteiger partial charge in [0.2, 0.25) is 5.79 Å². The molecule has 0 aliphatic carbocycles. The minimum absolute atomic E-state index is 0.281. The van der Waals surface area contributed by atoms with Crippen molar-refractivity contribution in [3.63, 3.8) is 0 Å². The third-order valence-electron chi connectivity index (χ3n) is 6.07. The zero-order chi connectivity index (χ0) is 29.4. The molecule has 1 fully saturated rings. The molecular formula is C26H28Cl2N6O6S. The van der Waals surface area contributed by atoms with E-state index in [-0.39, 0.29) is 12.6 Å². The van der Waals surface area contributed by atoms with E-state index in [1.54, 1.807) is 34.9 Å².